The lowest BCUT2D eigenvalue weighted by Gasteiger charge is -2.10. The highest BCUT2D eigenvalue weighted by Gasteiger charge is 2.01. The molecule has 0 nitrogen and oxygen atoms in total. The number of allylic oxidation sites excluding steroid dienone is 1. The lowest BCUT2D eigenvalue weighted by atomic mass is 9.96. The number of hydrogen-bond acceptors (Lipinski definition) is 0. The third-order valence-corrected chi connectivity index (χ3v) is 3.95. The van der Waals surface area contributed by atoms with E-state index in [1.165, 1.54) is 57.8 Å². The van der Waals surface area contributed by atoms with Crippen LogP contribution in [-0.2, 0) is 0 Å². The Balaban J connectivity index is -0.0000000577. The molecule has 0 aromatic heterocycles. The van der Waals surface area contributed by atoms with Crippen molar-refractivity contribution in [2.45, 2.75) is 155 Å². The molecule has 0 heterocycles. The summed E-state index contributed by atoms with van der Waals surface area (Å²) >= 11 is 0. The van der Waals surface area contributed by atoms with Crippen molar-refractivity contribution in [1.29, 1.82) is 0 Å². The molecule has 0 aliphatic heterocycles. The van der Waals surface area contributed by atoms with Crippen LogP contribution in [0.1, 0.15) is 155 Å². The Hall–Kier alpha value is -0.260. The van der Waals surface area contributed by atoms with E-state index in [0.717, 1.165) is 11.8 Å². The highest BCUT2D eigenvalue weighted by molar-refractivity contribution is 4.75. The van der Waals surface area contributed by atoms with E-state index in [2.05, 4.69) is 62.0 Å². The van der Waals surface area contributed by atoms with Gasteiger partial charge in [-0.3, -0.25) is 0 Å². The molecule has 0 bridgehead atoms. The molecule has 0 saturated carbocycles. The third kappa shape index (κ3) is 72.5. The van der Waals surface area contributed by atoms with Crippen LogP contribution in [0.4, 0.5) is 0 Å². The largest absolute Gasteiger partial charge is 0.103 e. The average Bonchev–Trinajstić information content (AvgIpc) is 2.73. The van der Waals surface area contributed by atoms with Crippen LogP contribution in [-0.4, -0.2) is 0 Å². The number of unbranched alkanes of at least 4 members (excludes halogenated alkanes) is 4. The summed E-state index contributed by atoms with van der Waals surface area (Å²) in [5.74, 6) is 2.45. The van der Waals surface area contributed by atoms with Gasteiger partial charge < -0.3 is 0 Å². The van der Waals surface area contributed by atoms with Gasteiger partial charge >= 0.3 is 0 Å². The van der Waals surface area contributed by atoms with Gasteiger partial charge in [0.1, 0.15) is 0 Å². The zero-order valence-electron chi connectivity index (χ0n) is 23.4. The molecule has 2 atom stereocenters. The predicted octanol–water partition coefficient (Wildman–Crippen LogP) is 11.7. The van der Waals surface area contributed by atoms with Gasteiger partial charge in [-0.15, -0.1) is 6.58 Å². The molecule has 0 spiro atoms. The van der Waals surface area contributed by atoms with E-state index < -0.39 is 0 Å². The second kappa shape index (κ2) is 50.4. The summed E-state index contributed by atoms with van der Waals surface area (Å²) in [6.07, 6.45) is 14.3. The minimum atomic E-state index is 0.694. The van der Waals surface area contributed by atoms with Crippen molar-refractivity contribution in [2.24, 2.45) is 17.8 Å². The van der Waals surface area contributed by atoms with E-state index in [0.29, 0.717) is 5.92 Å². The summed E-state index contributed by atoms with van der Waals surface area (Å²) in [4.78, 5) is 0. The second-order valence-electron chi connectivity index (χ2n) is 7.21. The molecule has 2 unspecified atom stereocenters. The summed E-state index contributed by atoms with van der Waals surface area (Å²) in [5.41, 5.74) is 0. The van der Waals surface area contributed by atoms with E-state index in [1.807, 2.05) is 47.6 Å². The van der Waals surface area contributed by atoms with Crippen molar-refractivity contribution >= 4 is 0 Å². The molecule has 0 N–H and O–H groups in total. The average molecular weight is 403 g/mol. The van der Waals surface area contributed by atoms with Crippen molar-refractivity contribution < 1.29 is 0 Å². The molecule has 0 amide bonds. The minimum Gasteiger partial charge on any atom is -0.103 e. The molecule has 0 rings (SSSR count). The fourth-order valence-corrected chi connectivity index (χ4v) is 2.15. The first kappa shape index (κ1) is 42.0. The first-order valence-electron chi connectivity index (χ1n) is 13.0. The first-order chi connectivity index (χ1) is 13.4. The van der Waals surface area contributed by atoms with Crippen LogP contribution in [0.5, 0.6) is 0 Å². The van der Waals surface area contributed by atoms with E-state index in [1.54, 1.807) is 0 Å². The monoisotopic (exact) mass is 403 g/mol. The summed E-state index contributed by atoms with van der Waals surface area (Å²) < 4.78 is 0. The first-order valence-corrected chi connectivity index (χ1v) is 13.0. The topological polar surface area (TPSA) is 0 Å². The van der Waals surface area contributed by atoms with Crippen LogP contribution in [0, 0.1) is 17.8 Å². The van der Waals surface area contributed by atoms with Gasteiger partial charge in [0.05, 0.1) is 0 Å². The van der Waals surface area contributed by atoms with Gasteiger partial charge in [0.2, 0.25) is 0 Å². The van der Waals surface area contributed by atoms with Crippen LogP contribution in [0.15, 0.2) is 12.7 Å². The van der Waals surface area contributed by atoms with Crippen molar-refractivity contribution in [3.8, 4) is 0 Å². The molecule has 0 radical (unpaired) electrons. The number of rotatable bonds is 10. The van der Waals surface area contributed by atoms with Gasteiger partial charge in [-0.1, -0.05) is 154 Å². The highest BCUT2D eigenvalue weighted by Crippen LogP contribution is 2.14. The van der Waals surface area contributed by atoms with E-state index in [-0.39, 0.29) is 0 Å². The summed E-state index contributed by atoms with van der Waals surface area (Å²) in [6, 6.07) is 0. The van der Waals surface area contributed by atoms with E-state index in [4.69, 9.17) is 0 Å². The molecule has 0 heteroatoms. The fourth-order valence-electron chi connectivity index (χ4n) is 2.15. The maximum atomic E-state index is 3.75. The standard InChI is InChI=1S/C9H18.C7H16.C6H14.3C2H6/c1-5-8(3)7-9(4)6-2;1-3-5-7-6-4-2;1-4-5-6(2)3;3*1-2/h5,8-9H,1,6-7H2,2-4H3;3-7H2,1-2H3;6H,4-5H2,1-3H3;3*1-2H3. The smallest absolute Gasteiger partial charge is 0.0262 e. The lowest BCUT2D eigenvalue weighted by molar-refractivity contribution is 0.455. The van der Waals surface area contributed by atoms with Gasteiger partial charge in [0.15, 0.2) is 0 Å². The second-order valence-corrected chi connectivity index (χ2v) is 7.21. The van der Waals surface area contributed by atoms with Crippen LogP contribution >= 0.6 is 0 Å². The minimum absolute atomic E-state index is 0.694. The van der Waals surface area contributed by atoms with E-state index >= 15 is 0 Å². The molecule has 0 aromatic carbocycles. The quantitative estimate of drug-likeness (QED) is 0.251. The predicted molar refractivity (Wildman–Crippen MR) is 142 cm³/mol. The molecule has 0 aromatic rings. The maximum absolute atomic E-state index is 3.75. The Morgan fingerprint density at radius 1 is 0.643 bits per heavy atom. The van der Waals surface area contributed by atoms with Crippen molar-refractivity contribution in [3.05, 3.63) is 12.7 Å². The summed E-state index contributed by atoms with van der Waals surface area (Å²) in [7, 11) is 0. The summed E-state index contributed by atoms with van der Waals surface area (Å²) in [5, 5.41) is 0. The SMILES string of the molecule is C=CC(C)CC(C)CC.CC.CC.CC.CCCC(C)C.CCCCCCC. The Morgan fingerprint density at radius 3 is 1.21 bits per heavy atom. The maximum Gasteiger partial charge on any atom is -0.0262 e. The number of hydrogen-bond donors (Lipinski definition) is 0. The fraction of sp³-hybridized carbons (Fsp3) is 0.929. The van der Waals surface area contributed by atoms with E-state index in [9.17, 15) is 0 Å². The Morgan fingerprint density at radius 2 is 1.04 bits per heavy atom. The molecule has 0 fully saturated rings. The molecular weight excluding hydrogens is 336 g/mol. The normalized spacial score (nSPS) is 10.5. The molecule has 0 aliphatic carbocycles. The zero-order valence-corrected chi connectivity index (χ0v) is 23.4. The van der Waals surface area contributed by atoms with Crippen molar-refractivity contribution in [2.75, 3.05) is 0 Å². The Labute approximate surface area is 185 Å². The van der Waals surface area contributed by atoms with Crippen LogP contribution in [0.2, 0.25) is 0 Å². The molecule has 178 valence electrons. The molecule has 0 aliphatic rings. The zero-order chi connectivity index (χ0) is 23.8. The van der Waals surface area contributed by atoms with Gasteiger partial charge in [0.25, 0.3) is 0 Å². The molecular formula is C28H66. The van der Waals surface area contributed by atoms with Crippen molar-refractivity contribution in [1.82, 2.24) is 0 Å². The van der Waals surface area contributed by atoms with Crippen LogP contribution in [0.3, 0.4) is 0 Å². The van der Waals surface area contributed by atoms with Gasteiger partial charge in [-0.25, -0.2) is 0 Å². The van der Waals surface area contributed by atoms with Gasteiger partial charge in [0, 0.05) is 0 Å². The molecule has 0 saturated heterocycles. The Kier molecular flexibility index (Phi) is 75.6. The van der Waals surface area contributed by atoms with Gasteiger partial charge in [-0.2, -0.15) is 0 Å². The Bertz CT molecular complexity index is 176. The van der Waals surface area contributed by atoms with Gasteiger partial charge in [-0.05, 0) is 24.2 Å². The molecule has 28 heavy (non-hydrogen) atoms. The van der Waals surface area contributed by atoms with Crippen LogP contribution < -0.4 is 0 Å². The highest BCUT2D eigenvalue weighted by atomic mass is 14.1. The lowest BCUT2D eigenvalue weighted by Crippen LogP contribution is -1.98. The van der Waals surface area contributed by atoms with Crippen LogP contribution in [0.25, 0.3) is 0 Å². The third-order valence-electron chi connectivity index (χ3n) is 3.95. The van der Waals surface area contributed by atoms with Crippen molar-refractivity contribution in [3.63, 3.8) is 0 Å². The summed E-state index contributed by atoms with van der Waals surface area (Å²) in [6.45, 7) is 33.7.